The van der Waals surface area contributed by atoms with Crippen molar-refractivity contribution in [2.75, 3.05) is 7.11 Å². The van der Waals surface area contributed by atoms with Gasteiger partial charge >= 0.3 is 5.97 Å². The Morgan fingerprint density at radius 2 is 1.81 bits per heavy atom. The molecule has 0 saturated carbocycles. The number of carboxylic acid groups (broad SMARTS) is 1. The maximum absolute atomic E-state index is 12.2. The fourth-order valence-electron chi connectivity index (χ4n) is 2.14. The van der Waals surface area contributed by atoms with Crippen molar-refractivity contribution in [3.8, 4) is 5.75 Å². The second-order valence-corrected chi connectivity index (χ2v) is 6.26. The molecule has 1 aromatic rings. The number of ether oxygens (including phenoxy) is 1. The molecular formula is C16H23NO4. The quantitative estimate of drug-likeness (QED) is 0.845. The van der Waals surface area contributed by atoms with Gasteiger partial charge in [0, 0.05) is 11.6 Å². The molecule has 116 valence electrons. The predicted molar refractivity (Wildman–Crippen MR) is 80.6 cm³/mol. The zero-order valence-corrected chi connectivity index (χ0v) is 13.0. The van der Waals surface area contributed by atoms with Gasteiger partial charge in [-0.2, -0.15) is 0 Å². The van der Waals surface area contributed by atoms with Crippen molar-refractivity contribution >= 4 is 11.9 Å². The molecule has 1 aromatic carbocycles. The molecule has 0 bridgehead atoms. The van der Waals surface area contributed by atoms with Crippen LogP contribution in [0.25, 0.3) is 0 Å². The summed E-state index contributed by atoms with van der Waals surface area (Å²) < 4.78 is 5.04. The van der Waals surface area contributed by atoms with E-state index in [0.717, 1.165) is 0 Å². The first-order valence-corrected chi connectivity index (χ1v) is 6.88. The summed E-state index contributed by atoms with van der Waals surface area (Å²) in [5.74, 6) is -0.518. The number of amides is 1. The fourth-order valence-corrected chi connectivity index (χ4v) is 2.14. The minimum atomic E-state index is -0.917. The molecule has 1 rings (SSSR count). The monoisotopic (exact) mass is 293 g/mol. The van der Waals surface area contributed by atoms with Gasteiger partial charge in [-0.1, -0.05) is 20.8 Å². The number of hydrogen-bond acceptors (Lipinski definition) is 3. The maximum Gasteiger partial charge on any atom is 0.305 e. The zero-order valence-electron chi connectivity index (χ0n) is 13.0. The number of hydrogen-bond donors (Lipinski definition) is 2. The van der Waals surface area contributed by atoms with Crippen LogP contribution in [-0.4, -0.2) is 30.1 Å². The molecule has 0 aromatic heterocycles. The Labute approximate surface area is 125 Å². The van der Waals surface area contributed by atoms with Crippen LogP contribution in [0.3, 0.4) is 0 Å². The fraction of sp³-hybridized carbons (Fsp3) is 0.500. The molecule has 0 heterocycles. The highest BCUT2D eigenvalue weighted by molar-refractivity contribution is 5.94. The lowest BCUT2D eigenvalue weighted by atomic mass is 9.87. The van der Waals surface area contributed by atoms with Gasteiger partial charge in [0.05, 0.1) is 13.5 Å². The van der Waals surface area contributed by atoms with E-state index in [1.807, 2.05) is 20.8 Å². The number of rotatable bonds is 6. The average molecular weight is 293 g/mol. The Balaban J connectivity index is 2.76. The molecule has 2 N–H and O–H groups in total. The van der Waals surface area contributed by atoms with Crippen LogP contribution in [-0.2, 0) is 4.79 Å². The second kappa shape index (κ2) is 7.11. The van der Waals surface area contributed by atoms with E-state index in [0.29, 0.717) is 17.7 Å². The lowest BCUT2D eigenvalue weighted by molar-refractivity contribution is -0.137. The Bertz CT molecular complexity index is 488. The first-order chi connectivity index (χ1) is 9.71. The number of benzene rings is 1. The summed E-state index contributed by atoms with van der Waals surface area (Å²) in [6, 6.07) is 6.32. The Morgan fingerprint density at radius 3 is 2.24 bits per heavy atom. The standard InChI is InChI=1S/C16H23NO4/c1-16(2,3)10-12(9-14(18)19)17-15(20)11-5-7-13(21-4)8-6-11/h5-8,12H,9-10H2,1-4H3,(H,17,20)(H,18,19). The number of methoxy groups -OCH3 is 1. The summed E-state index contributed by atoms with van der Waals surface area (Å²) in [5, 5.41) is 11.8. The summed E-state index contributed by atoms with van der Waals surface area (Å²) in [5.41, 5.74) is 0.424. The molecule has 0 fully saturated rings. The van der Waals surface area contributed by atoms with Gasteiger partial charge in [0.1, 0.15) is 5.75 Å². The van der Waals surface area contributed by atoms with Gasteiger partial charge in [-0.3, -0.25) is 9.59 Å². The summed E-state index contributed by atoms with van der Waals surface area (Å²) in [6.07, 6.45) is 0.514. The van der Waals surface area contributed by atoms with Crippen molar-refractivity contribution in [2.24, 2.45) is 5.41 Å². The van der Waals surface area contributed by atoms with Crippen molar-refractivity contribution in [1.82, 2.24) is 5.32 Å². The molecule has 1 unspecified atom stereocenters. The van der Waals surface area contributed by atoms with E-state index in [2.05, 4.69) is 5.32 Å². The molecule has 0 saturated heterocycles. The van der Waals surface area contributed by atoms with Gasteiger partial charge in [-0.05, 0) is 36.1 Å². The zero-order chi connectivity index (χ0) is 16.0. The predicted octanol–water partition coefficient (Wildman–Crippen LogP) is 2.70. The molecule has 5 nitrogen and oxygen atoms in total. The maximum atomic E-state index is 12.2. The molecule has 0 radical (unpaired) electrons. The highest BCUT2D eigenvalue weighted by Crippen LogP contribution is 2.22. The van der Waals surface area contributed by atoms with Crippen LogP contribution >= 0.6 is 0 Å². The Kier molecular flexibility index (Phi) is 5.76. The second-order valence-electron chi connectivity index (χ2n) is 6.26. The number of carbonyl (C=O) groups excluding carboxylic acids is 1. The lowest BCUT2D eigenvalue weighted by Gasteiger charge is -2.25. The van der Waals surface area contributed by atoms with Crippen molar-refractivity contribution < 1.29 is 19.4 Å². The third-order valence-electron chi connectivity index (χ3n) is 2.97. The van der Waals surface area contributed by atoms with Crippen LogP contribution in [0.1, 0.15) is 44.0 Å². The summed E-state index contributed by atoms with van der Waals surface area (Å²) in [7, 11) is 1.56. The third-order valence-corrected chi connectivity index (χ3v) is 2.97. The van der Waals surface area contributed by atoms with E-state index in [1.165, 1.54) is 0 Å². The molecule has 0 spiro atoms. The van der Waals surface area contributed by atoms with Crippen molar-refractivity contribution in [2.45, 2.75) is 39.7 Å². The molecule has 1 atom stereocenters. The van der Waals surface area contributed by atoms with Gasteiger partial charge in [0.25, 0.3) is 5.91 Å². The van der Waals surface area contributed by atoms with E-state index in [1.54, 1.807) is 31.4 Å². The van der Waals surface area contributed by atoms with Crippen LogP contribution in [0, 0.1) is 5.41 Å². The highest BCUT2D eigenvalue weighted by atomic mass is 16.5. The van der Waals surface area contributed by atoms with Crippen molar-refractivity contribution in [3.63, 3.8) is 0 Å². The van der Waals surface area contributed by atoms with E-state index in [-0.39, 0.29) is 17.7 Å². The van der Waals surface area contributed by atoms with Gasteiger partial charge < -0.3 is 15.2 Å². The SMILES string of the molecule is COc1ccc(C(=O)NC(CC(=O)O)CC(C)(C)C)cc1. The van der Waals surface area contributed by atoms with Crippen LogP contribution in [0.15, 0.2) is 24.3 Å². The van der Waals surface area contributed by atoms with Crippen LogP contribution in [0.4, 0.5) is 0 Å². The third kappa shape index (κ3) is 6.29. The minimum absolute atomic E-state index is 0.0622. The number of nitrogens with one attached hydrogen (secondary N) is 1. The molecule has 5 heteroatoms. The van der Waals surface area contributed by atoms with Crippen LogP contribution in [0.2, 0.25) is 0 Å². The van der Waals surface area contributed by atoms with E-state index >= 15 is 0 Å². The molecule has 21 heavy (non-hydrogen) atoms. The first-order valence-electron chi connectivity index (χ1n) is 6.88. The smallest absolute Gasteiger partial charge is 0.305 e. The largest absolute Gasteiger partial charge is 0.497 e. The van der Waals surface area contributed by atoms with Gasteiger partial charge in [0.2, 0.25) is 0 Å². The first kappa shape index (κ1) is 17.0. The summed E-state index contributed by atoms with van der Waals surface area (Å²) in [6.45, 7) is 6.05. The molecule has 0 aliphatic carbocycles. The Morgan fingerprint density at radius 1 is 1.24 bits per heavy atom. The van der Waals surface area contributed by atoms with Gasteiger partial charge in [0.15, 0.2) is 0 Å². The number of carbonyl (C=O) groups is 2. The molecule has 0 aliphatic heterocycles. The molecule has 0 aliphatic rings. The van der Waals surface area contributed by atoms with Gasteiger partial charge in [-0.25, -0.2) is 0 Å². The van der Waals surface area contributed by atoms with Crippen LogP contribution < -0.4 is 10.1 Å². The minimum Gasteiger partial charge on any atom is -0.497 e. The molecular weight excluding hydrogens is 270 g/mol. The normalized spacial score (nSPS) is 12.6. The van der Waals surface area contributed by atoms with E-state index in [4.69, 9.17) is 9.84 Å². The van der Waals surface area contributed by atoms with Crippen molar-refractivity contribution in [3.05, 3.63) is 29.8 Å². The number of carboxylic acids is 1. The molecule has 1 amide bonds. The Hall–Kier alpha value is -2.04. The van der Waals surface area contributed by atoms with Crippen LogP contribution in [0.5, 0.6) is 5.75 Å². The van der Waals surface area contributed by atoms with Gasteiger partial charge in [-0.15, -0.1) is 0 Å². The summed E-state index contributed by atoms with van der Waals surface area (Å²) >= 11 is 0. The topological polar surface area (TPSA) is 75.6 Å². The van der Waals surface area contributed by atoms with E-state index < -0.39 is 12.0 Å². The number of aliphatic carboxylic acids is 1. The van der Waals surface area contributed by atoms with E-state index in [9.17, 15) is 9.59 Å². The lowest BCUT2D eigenvalue weighted by Crippen LogP contribution is -2.39. The average Bonchev–Trinajstić information content (AvgIpc) is 2.36. The highest BCUT2D eigenvalue weighted by Gasteiger charge is 2.23. The van der Waals surface area contributed by atoms with Crippen molar-refractivity contribution in [1.29, 1.82) is 0 Å². The summed E-state index contributed by atoms with van der Waals surface area (Å²) in [4.78, 5) is 23.1.